The van der Waals surface area contributed by atoms with E-state index in [2.05, 4.69) is 10.6 Å². The van der Waals surface area contributed by atoms with Crippen LogP contribution in [0.5, 0.6) is 0 Å². The fraction of sp³-hybridized carbons (Fsp3) is 0.875. The predicted octanol–water partition coefficient (Wildman–Crippen LogP) is -5.11. The number of hydrogen-bond donors (Lipinski definition) is 8. The highest BCUT2D eigenvalue weighted by molar-refractivity contribution is 5.73. The molecule has 1 unspecified atom stereocenters. The van der Waals surface area contributed by atoms with E-state index >= 15 is 0 Å². The Morgan fingerprint density at radius 2 is 1.38 bits per heavy atom. The molecule has 0 radical (unpaired) electrons. The molecule has 0 bridgehead atoms. The molecular formula is C16H28N2O11. The molecule has 0 aromatic carbocycles. The highest BCUT2D eigenvalue weighted by Gasteiger charge is 2.51. The third-order valence-corrected chi connectivity index (χ3v) is 4.78. The minimum Gasteiger partial charge on any atom is -0.394 e. The highest BCUT2D eigenvalue weighted by Crippen LogP contribution is 2.28. The zero-order chi connectivity index (χ0) is 21.9. The van der Waals surface area contributed by atoms with Gasteiger partial charge in [-0.15, -0.1) is 0 Å². The number of hydrogen-bond acceptors (Lipinski definition) is 11. The molecule has 13 nitrogen and oxygen atoms in total. The maximum atomic E-state index is 11.5. The number of nitrogens with one attached hydrogen (secondary N) is 2. The van der Waals surface area contributed by atoms with Gasteiger partial charge in [-0.25, -0.2) is 0 Å². The number of carbonyl (C=O) groups excluding carboxylic acids is 2. The van der Waals surface area contributed by atoms with Crippen LogP contribution in [0, 0.1) is 0 Å². The molecule has 13 heteroatoms. The van der Waals surface area contributed by atoms with Crippen molar-refractivity contribution in [2.45, 2.75) is 75.1 Å². The topological polar surface area (TPSA) is 207 Å². The van der Waals surface area contributed by atoms with Gasteiger partial charge >= 0.3 is 0 Å². The van der Waals surface area contributed by atoms with Crippen molar-refractivity contribution in [1.82, 2.24) is 10.6 Å². The van der Waals surface area contributed by atoms with Crippen molar-refractivity contribution >= 4 is 11.8 Å². The molecule has 0 aliphatic carbocycles. The summed E-state index contributed by atoms with van der Waals surface area (Å²) in [4.78, 5) is 22.8. The van der Waals surface area contributed by atoms with Gasteiger partial charge in [0.05, 0.1) is 13.2 Å². The first-order valence-electron chi connectivity index (χ1n) is 9.05. The van der Waals surface area contributed by atoms with Crippen LogP contribution in [0.3, 0.4) is 0 Å². The fourth-order valence-electron chi connectivity index (χ4n) is 3.38. The lowest BCUT2D eigenvalue weighted by molar-refractivity contribution is -0.327. The monoisotopic (exact) mass is 424 g/mol. The summed E-state index contributed by atoms with van der Waals surface area (Å²) < 4.78 is 16.3. The van der Waals surface area contributed by atoms with Gasteiger partial charge in [0.25, 0.3) is 0 Å². The van der Waals surface area contributed by atoms with Crippen LogP contribution >= 0.6 is 0 Å². The fourth-order valence-corrected chi connectivity index (χ4v) is 3.38. The molecule has 0 aromatic heterocycles. The van der Waals surface area contributed by atoms with Crippen molar-refractivity contribution in [3.63, 3.8) is 0 Å². The molecular weight excluding hydrogens is 396 g/mol. The lowest BCUT2D eigenvalue weighted by atomic mass is 9.94. The Morgan fingerprint density at radius 3 is 1.90 bits per heavy atom. The summed E-state index contributed by atoms with van der Waals surface area (Å²) in [5, 5.41) is 64.5. The molecule has 2 aliphatic heterocycles. The summed E-state index contributed by atoms with van der Waals surface area (Å²) in [6, 6.07) is -2.59. The summed E-state index contributed by atoms with van der Waals surface area (Å²) in [7, 11) is 0. The molecule has 0 aromatic rings. The van der Waals surface area contributed by atoms with Crippen molar-refractivity contribution in [2.75, 3.05) is 13.2 Å². The van der Waals surface area contributed by atoms with Crippen LogP contribution in [0.15, 0.2) is 0 Å². The molecule has 10 atom stereocenters. The number of ether oxygens (including phenoxy) is 3. The van der Waals surface area contributed by atoms with E-state index in [0.717, 1.165) is 13.8 Å². The molecule has 2 fully saturated rings. The van der Waals surface area contributed by atoms with E-state index < -0.39 is 86.3 Å². The summed E-state index contributed by atoms with van der Waals surface area (Å²) in [6.45, 7) is 0.962. The molecule has 168 valence electrons. The lowest BCUT2D eigenvalue weighted by Crippen LogP contribution is -2.69. The molecule has 29 heavy (non-hydrogen) atoms. The molecule has 0 spiro atoms. The van der Waals surface area contributed by atoms with Gasteiger partial charge in [-0.2, -0.15) is 0 Å². The first-order chi connectivity index (χ1) is 13.6. The van der Waals surface area contributed by atoms with Crippen LogP contribution < -0.4 is 10.6 Å². The van der Waals surface area contributed by atoms with E-state index in [9.17, 15) is 40.2 Å². The molecule has 2 rings (SSSR count). The average molecular weight is 424 g/mol. The van der Waals surface area contributed by atoms with Crippen LogP contribution in [-0.4, -0.2) is 117 Å². The highest BCUT2D eigenvalue weighted by atomic mass is 16.7. The normalized spacial score (nSPS) is 42.9. The predicted molar refractivity (Wildman–Crippen MR) is 91.8 cm³/mol. The number of carbonyl (C=O) groups is 2. The second-order valence-corrected chi connectivity index (χ2v) is 7.00. The van der Waals surface area contributed by atoms with E-state index in [1.807, 2.05) is 0 Å². The van der Waals surface area contributed by atoms with Crippen molar-refractivity contribution < 1.29 is 54.4 Å². The third-order valence-electron chi connectivity index (χ3n) is 4.78. The molecule has 2 amide bonds. The largest absolute Gasteiger partial charge is 0.394 e. The maximum Gasteiger partial charge on any atom is 0.217 e. The first kappa shape index (κ1) is 23.9. The van der Waals surface area contributed by atoms with Gasteiger partial charge in [-0.1, -0.05) is 0 Å². The smallest absolute Gasteiger partial charge is 0.217 e. The van der Waals surface area contributed by atoms with Gasteiger partial charge in [0.15, 0.2) is 12.6 Å². The van der Waals surface area contributed by atoms with Crippen molar-refractivity contribution in [1.29, 1.82) is 0 Å². The van der Waals surface area contributed by atoms with Gasteiger partial charge in [-0.05, 0) is 0 Å². The second-order valence-electron chi connectivity index (χ2n) is 7.00. The summed E-state index contributed by atoms with van der Waals surface area (Å²) in [6.07, 6.45) is -11.7. The molecule has 2 saturated heterocycles. The van der Waals surface area contributed by atoms with Crippen LogP contribution in [0.1, 0.15) is 13.8 Å². The quantitative estimate of drug-likeness (QED) is 0.202. The minimum atomic E-state index is -1.64. The Bertz CT molecular complexity index is 579. The number of aliphatic hydroxyl groups is 6. The summed E-state index contributed by atoms with van der Waals surface area (Å²) in [5.41, 5.74) is 0. The van der Waals surface area contributed by atoms with Gasteiger partial charge < -0.3 is 55.5 Å². The Hall–Kier alpha value is -1.42. The Kier molecular flexibility index (Phi) is 8.28. The third kappa shape index (κ3) is 5.39. The maximum absolute atomic E-state index is 11.5. The summed E-state index contributed by atoms with van der Waals surface area (Å²) >= 11 is 0. The van der Waals surface area contributed by atoms with E-state index in [1.165, 1.54) is 0 Å². The average Bonchev–Trinajstić information content (AvgIpc) is 2.65. The standard InChI is InChI=1S/C16H28N2O11/c1-5(21)17-9-13(25)14(8(4-20)27-15(9)26)29-16-10(18-6(2)22)12(24)11(23)7(3-19)28-16/h7-16,19-20,23-26H,3-4H2,1-2H3,(H,17,21)(H,18,22)/t7-,8-,9-,10-,11-,12-,13-,14-,15?,16-/m1/s1. The molecule has 2 heterocycles. The number of amides is 2. The van der Waals surface area contributed by atoms with Crippen molar-refractivity contribution in [3.05, 3.63) is 0 Å². The van der Waals surface area contributed by atoms with E-state index in [-0.39, 0.29) is 0 Å². The zero-order valence-corrected chi connectivity index (χ0v) is 15.9. The van der Waals surface area contributed by atoms with Gasteiger partial charge in [0.2, 0.25) is 11.8 Å². The molecule has 8 N–H and O–H groups in total. The van der Waals surface area contributed by atoms with Crippen LogP contribution in [0.2, 0.25) is 0 Å². The SMILES string of the molecule is CC(=O)N[C@H]1[C@@H](O[C@H]2[C@H](O)[C@@H](NC(C)=O)C(O)O[C@@H]2CO)O[C@H](CO)[C@@H](O)[C@@H]1O. The minimum absolute atomic E-state index is 0.568. The summed E-state index contributed by atoms with van der Waals surface area (Å²) in [5.74, 6) is -1.14. The Labute approximate surface area is 166 Å². The Balaban J connectivity index is 2.26. The van der Waals surface area contributed by atoms with Crippen molar-refractivity contribution in [3.8, 4) is 0 Å². The van der Waals surface area contributed by atoms with E-state index in [1.54, 1.807) is 0 Å². The lowest BCUT2D eigenvalue weighted by Gasteiger charge is -2.47. The van der Waals surface area contributed by atoms with Gasteiger partial charge in [0, 0.05) is 13.8 Å². The van der Waals surface area contributed by atoms with Gasteiger partial charge in [0.1, 0.15) is 48.7 Å². The van der Waals surface area contributed by atoms with Crippen molar-refractivity contribution in [2.24, 2.45) is 0 Å². The van der Waals surface area contributed by atoms with Crippen LogP contribution in [-0.2, 0) is 23.8 Å². The zero-order valence-electron chi connectivity index (χ0n) is 15.9. The van der Waals surface area contributed by atoms with Crippen LogP contribution in [0.25, 0.3) is 0 Å². The second kappa shape index (κ2) is 10.1. The molecule has 2 aliphatic rings. The molecule has 0 saturated carbocycles. The Morgan fingerprint density at radius 1 is 0.828 bits per heavy atom. The first-order valence-corrected chi connectivity index (χ1v) is 9.05. The van der Waals surface area contributed by atoms with E-state index in [0.29, 0.717) is 0 Å². The number of rotatable bonds is 6. The van der Waals surface area contributed by atoms with Gasteiger partial charge in [-0.3, -0.25) is 9.59 Å². The number of aliphatic hydroxyl groups excluding tert-OH is 6. The van der Waals surface area contributed by atoms with E-state index in [4.69, 9.17) is 14.2 Å². The van der Waals surface area contributed by atoms with Crippen LogP contribution in [0.4, 0.5) is 0 Å².